The third-order valence-corrected chi connectivity index (χ3v) is 4.22. The van der Waals surface area contributed by atoms with E-state index in [-0.39, 0.29) is 10.6 Å². The molecule has 0 N–H and O–H groups in total. The quantitative estimate of drug-likeness (QED) is 0.858. The zero-order chi connectivity index (χ0) is 13.7. The second-order valence-electron chi connectivity index (χ2n) is 4.03. The van der Waals surface area contributed by atoms with Gasteiger partial charge in [0.05, 0.1) is 27.7 Å². The van der Waals surface area contributed by atoms with Gasteiger partial charge in [-0.25, -0.2) is 4.39 Å². The maximum Gasteiger partial charge on any atom is 0.139 e. The minimum atomic E-state index is -1.52. The van der Waals surface area contributed by atoms with Gasteiger partial charge in [0, 0.05) is 5.75 Å². The van der Waals surface area contributed by atoms with E-state index in [4.69, 9.17) is 5.26 Å². The number of hydrogen-bond acceptors (Lipinski definition) is 2. The molecule has 2 aromatic rings. The van der Waals surface area contributed by atoms with Crippen molar-refractivity contribution in [1.29, 1.82) is 5.26 Å². The average molecular weight is 273 g/mol. The van der Waals surface area contributed by atoms with Crippen LogP contribution in [0.2, 0.25) is 0 Å². The van der Waals surface area contributed by atoms with Gasteiger partial charge in [-0.2, -0.15) is 5.26 Å². The van der Waals surface area contributed by atoms with Gasteiger partial charge in [-0.1, -0.05) is 42.5 Å². The Bertz CT molecular complexity index is 622. The normalized spacial score (nSPS) is 13.5. The topological polar surface area (TPSA) is 40.9 Å². The van der Waals surface area contributed by atoms with Crippen LogP contribution in [0.15, 0.2) is 59.5 Å². The predicted octanol–water partition coefficient (Wildman–Crippen LogP) is 3.24. The first-order valence-corrected chi connectivity index (χ1v) is 7.11. The van der Waals surface area contributed by atoms with Crippen molar-refractivity contribution in [2.24, 2.45) is 0 Å². The van der Waals surface area contributed by atoms with E-state index in [1.807, 2.05) is 30.3 Å². The van der Waals surface area contributed by atoms with Gasteiger partial charge in [-0.3, -0.25) is 4.21 Å². The van der Waals surface area contributed by atoms with Gasteiger partial charge in [0.1, 0.15) is 5.82 Å². The van der Waals surface area contributed by atoms with Gasteiger partial charge < -0.3 is 0 Å². The lowest BCUT2D eigenvalue weighted by atomic mass is 10.0. The molecule has 2 rings (SSSR count). The van der Waals surface area contributed by atoms with Crippen molar-refractivity contribution < 1.29 is 8.60 Å². The Hall–Kier alpha value is -1.99. The highest BCUT2D eigenvalue weighted by atomic mass is 32.2. The molecule has 0 aliphatic rings. The lowest BCUT2D eigenvalue weighted by Crippen LogP contribution is -2.09. The summed E-state index contributed by atoms with van der Waals surface area (Å²) in [5.74, 6) is -0.895. The summed E-state index contributed by atoms with van der Waals surface area (Å²) in [6, 6.07) is 17.2. The van der Waals surface area contributed by atoms with Gasteiger partial charge in [0.25, 0.3) is 0 Å². The summed E-state index contributed by atoms with van der Waals surface area (Å²) >= 11 is 0. The van der Waals surface area contributed by atoms with Crippen molar-refractivity contribution in [2.75, 3.05) is 5.75 Å². The number of halogens is 1. The fraction of sp³-hybridized carbons (Fsp3) is 0.133. The Morgan fingerprint density at radius 1 is 1.11 bits per heavy atom. The molecular weight excluding hydrogens is 261 g/mol. The van der Waals surface area contributed by atoms with Gasteiger partial charge in [-0.05, 0) is 17.7 Å². The summed E-state index contributed by atoms with van der Waals surface area (Å²) in [6.45, 7) is 0. The van der Waals surface area contributed by atoms with Crippen LogP contribution in [0.25, 0.3) is 0 Å². The van der Waals surface area contributed by atoms with Crippen LogP contribution in [0.4, 0.5) is 4.39 Å². The maximum absolute atomic E-state index is 13.5. The Kier molecular flexibility index (Phi) is 4.43. The van der Waals surface area contributed by atoms with Crippen molar-refractivity contribution >= 4 is 10.8 Å². The van der Waals surface area contributed by atoms with Gasteiger partial charge >= 0.3 is 0 Å². The molecule has 19 heavy (non-hydrogen) atoms. The summed E-state index contributed by atoms with van der Waals surface area (Å²) in [4.78, 5) is 0.152. The van der Waals surface area contributed by atoms with E-state index >= 15 is 0 Å². The van der Waals surface area contributed by atoms with E-state index in [1.54, 1.807) is 12.1 Å². The molecule has 2 aromatic carbocycles. The predicted molar refractivity (Wildman–Crippen MR) is 72.5 cm³/mol. The second-order valence-corrected chi connectivity index (χ2v) is 5.50. The van der Waals surface area contributed by atoms with E-state index in [2.05, 4.69) is 6.07 Å². The molecule has 0 aliphatic carbocycles. The summed E-state index contributed by atoms with van der Waals surface area (Å²) in [5.41, 5.74) is 0.801. The molecule has 0 saturated carbocycles. The van der Waals surface area contributed by atoms with Crippen LogP contribution in [0.3, 0.4) is 0 Å². The molecular formula is C15H12FNOS. The molecule has 0 radical (unpaired) electrons. The third-order valence-electron chi connectivity index (χ3n) is 2.76. The summed E-state index contributed by atoms with van der Waals surface area (Å²) in [6.07, 6.45) is 0. The third kappa shape index (κ3) is 3.27. The highest BCUT2D eigenvalue weighted by Crippen LogP contribution is 2.20. The van der Waals surface area contributed by atoms with Gasteiger partial charge in [0.15, 0.2) is 0 Å². The lowest BCUT2D eigenvalue weighted by molar-refractivity contribution is 0.595. The van der Waals surface area contributed by atoms with Crippen molar-refractivity contribution in [1.82, 2.24) is 0 Å². The Morgan fingerprint density at radius 2 is 1.74 bits per heavy atom. The molecule has 0 aromatic heterocycles. The summed E-state index contributed by atoms with van der Waals surface area (Å²) in [5, 5.41) is 9.17. The first-order valence-electron chi connectivity index (χ1n) is 5.80. The van der Waals surface area contributed by atoms with Crippen LogP contribution in [0.1, 0.15) is 11.5 Å². The van der Waals surface area contributed by atoms with E-state index in [1.165, 1.54) is 12.1 Å². The van der Waals surface area contributed by atoms with E-state index in [0.717, 1.165) is 5.56 Å². The second kappa shape index (κ2) is 6.26. The molecule has 0 amide bonds. The first kappa shape index (κ1) is 13.4. The minimum absolute atomic E-state index is 0.0987. The number of benzene rings is 2. The van der Waals surface area contributed by atoms with E-state index in [9.17, 15) is 8.60 Å². The standard InChI is InChI=1S/C15H12FNOS/c16-14-8-4-5-9-15(14)19(18)11-13(10-17)12-6-2-1-3-7-12/h1-9,13H,11H2. The molecule has 0 saturated heterocycles. The molecule has 0 bridgehead atoms. The van der Waals surface area contributed by atoms with Crippen LogP contribution >= 0.6 is 0 Å². The van der Waals surface area contributed by atoms with Crippen LogP contribution in [0, 0.1) is 17.1 Å². The highest BCUT2D eigenvalue weighted by molar-refractivity contribution is 7.85. The fourth-order valence-electron chi connectivity index (χ4n) is 1.76. The molecule has 96 valence electrons. The molecule has 4 heteroatoms. The van der Waals surface area contributed by atoms with Crippen molar-refractivity contribution in [3.63, 3.8) is 0 Å². The summed E-state index contributed by atoms with van der Waals surface area (Å²) < 4.78 is 25.6. The maximum atomic E-state index is 13.5. The smallest absolute Gasteiger partial charge is 0.139 e. The first-order chi connectivity index (χ1) is 9.22. The zero-order valence-electron chi connectivity index (χ0n) is 10.1. The fourth-order valence-corrected chi connectivity index (χ4v) is 3.03. The molecule has 0 aliphatic heterocycles. The van der Waals surface area contributed by atoms with Crippen LogP contribution < -0.4 is 0 Å². The Balaban J connectivity index is 2.19. The van der Waals surface area contributed by atoms with Crippen molar-refractivity contribution in [3.8, 4) is 6.07 Å². The minimum Gasteiger partial charge on any atom is -0.254 e. The molecule has 2 nitrogen and oxygen atoms in total. The summed E-state index contributed by atoms with van der Waals surface area (Å²) in [7, 11) is -1.52. The molecule has 0 spiro atoms. The SMILES string of the molecule is N#CC(CS(=O)c1ccccc1F)c1ccccc1. The van der Waals surface area contributed by atoms with Gasteiger partial charge in [0.2, 0.25) is 0 Å². The molecule has 0 heterocycles. The van der Waals surface area contributed by atoms with Crippen LogP contribution in [-0.2, 0) is 10.8 Å². The van der Waals surface area contributed by atoms with Gasteiger partial charge in [-0.15, -0.1) is 0 Å². The average Bonchev–Trinajstić information content (AvgIpc) is 2.46. The number of nitriles is 1. The van der Waals surface area contributed by atoms with Crippen molar-refractivity contribution in [2.45, 2.75) is 10.8 Å². The lowest BCUT2D eigenvalue weighted by Gasteiger charge is -2.09. The molecule has 2 unspecified atom stereocenters. The Morgan fingerprint density at radius 3 is 2.37 bits per heavy atom. The molecule has 0 fully saturated rings. The highest BCUT2D eigenvalue weighted by Gasteiger charge is 2.17. The number of nitrogens with zero attached hydrogens (tertiary/aromatic N) is 1. The monoisotopic (exact) mass is 273 g/mol. The van der Waals surface area contributed by atoms with E-state index < -0.39 is 22.5 Å². The zero-order valence-corrected chi connectivity index (χ0v) is 10.9. The van der Waals surface area contributed by atoms with E-state index in [0.29, 0.717) is 0 Å². The number of rotatable bonds is 4. The molecule has 2 atom stereocenters. The largest absolute Gasteiger partial charge is 0.254 e. The van der Waals surface area contributed by atoms with Crippen LogP contribution in [0.5, 0.6) is 0 Å². The Labute approximate surface area is 114 Å². The van der Waals surface area contributed by atoms with Crippen LogP contribution in [-0.4, -0.2) is 9.96 Å². The number of hydrogen-bond donors (Lipinski definition) is 0. The van der Waals surface area contributed by atoms with Crippen molar-refractivity contribution in [3.05, 3.63) is 66.0 Å².